The molecule has 1 atom stereocenters. The van der Waals surface area contributed by atoms with E-state index in [1.165, 1.54) is 28.6 Å². The maximum atomic E-state index is 5.29. The molecule has 1 saturated carbocycles. The molecule has 0 aliphatic heterocycles. The molecule has 1 fully saturated rings. The van der Waals surface area contributed by atoms with Crippen molar-refractivity contribution in [1.29, 1.82) is 0 Å². The van der Waals surface area contributed by atoms with Gasteiger partial charge in [0, 0.05) is 17.5 Å². The number of rotatable bonds is 5. The van der Waals surface area contributed by atoms with Gasteiger partial charge in [-0.05, 0) is 53.8 Å². The van der Waals surface area contributed by atoms with Crippen molar-refractivity contribution >= 4 is 27.1 Å². The molecule has 1 aromatic carbocycles. The fourth-order valence-corrected chi connectivity index (χ4v) is 3.02. The SMILES string of the molecule is COCC(Nc1ccc2sccc2c1)C1CC1. The van der Waals surface area contributed by atoms with Crippen molar-refractivity contribution in [2.45, 2.75) is 18.9 Å². The van der Waals surface area contributed by atoms with Gasteiger partial charge in [0.2, 0.25) is 0 Å². The van der Waals surface area contributed by atoms with Crippen LogP contribution < -0.4 is 5.32 Å². The van der Waals surface area contributed by atoms with Gasteiger partial charge in [0.1, 0.15) is 0 Å². The van der Waals surface area contributed by atoms with Crippen molar-refractivity contribution < 1.29 is 4.74 Å². The van der Waals surface area contributed by atoms with Gasteiger partial charge in [-0.25, -0.2) is 0 Å². The van der Waals surface area contributed by atoms with E-state index in [4.69, 9.17) is 4.74 Å². The maximum absolute atomic E-state index is 5.29. The van der Waals surface area contributed by atoms with Gasteiger partial charge in [-0.3, -0.25) is 0 Å². The van der Waals surface area contributed by atoms with Gasteiger partial charge < -0.3 is 10.1 Å². The molecule has 2 aromatic rings. The average Bonchev–Trinajstić information content (AvgIpc) is 3.07. The van der Waals surface area contributed by atoms with E-state index in [0.717, 1.165) is 12.5 Å². The summed E-state index contributed by atoms with van der Waals surface area (Å²) in [6.45, 7) is 0.798. The van der Waals surface area contributed by atoms with E-state index in [2.05, 4.69) is 35.0 Å². The van der Waals surface area contributed by atoms with Crippen LogP contribution in [0.4, 0.5) is 5.69 Å². The number of nitrogens with one attached hydrogen (secondary N) is 1. The van der Waals surface area contributed by atoms with Gasteiger partial charge in [-0.15, -0.1) is 11.3 Å². The van der Waals surface area contributed by atoms with Crippen LogP contribution in [0.2, 0.25) is 0 Å². The zero-order valence-corrected chi connectivity index (χ0v) is 10.8. The number of hydrogen-bond acceptors (Lipinski definition) is 3. The summed E-state index contributed by atoms with van der Waals surface area (Å²) >= 11 is 1.79. The fraction of sp³-hybridized carbons (Fsp3) is 0.429. The molecular weight excluding hydrogens is 230 g/mol. The van der Waals surface area contributed by atoms with Crippen LogP contribution in [0.15, 0.2) is 29.6 Å². The Kier molecular flexibility index (Phi) is 3.04. The number of benzene rings is 1. The van der Waals surface area contributed by atoms with Gasteiger partial charge in [-0.1, -0.05) is 0 Å². The third kappa shape index (κ3) is 2.45. The highest BCUT2D eigenvalue weighted by molar-refractivity contribution is 7.17. The monoisotopic (exact) mass is 247 g/mol. The van der Waals surface area contributed by atoms with Crippen LogP contribution in [-0.4, -0.2) is 19.8 Å². The van der Waals surface area contributed by atoms with Crippen LogP contribution in [0.5, 0.6) is 0 Å². The Balaban J connectivity index is 1.77. The van der Waals surface area contributed by atoms with E-state index in [9.17, 15) is 0 Å². The normalized spacial score (nSPS) is 17.2. The van der Waals surface area contributed by atoms with Crippen molar-refractivity contribution in [2.24, 2.45) is 5.92 Å². The van der Waals surface area contributed by atoms with Crippen LogP contribution in [0.25, 0.3) is 10.1 Å². The first kappa shape index (κ1) is 11.1. The third-order valence-corrected chi connectivity index (χ3v) is 4.24. The first-order valence-electron chi connectivity index (χ1n) is 6.09. The summed E-state index contributed by atoms with van der Waals surface area (Å²) in [7, 11) is 1.78. The summed E-state index contributed by atoms with van der Waals surface area (Å²) in [6.07, 6.45) is 2.67. The topological polar surface area (TPSA) is 21.3 Å². The van der Waals surface area contributed by atoms with Crippen molar-refractivity contribution in [3.8, 4) is 0 Å². The molecule has 1 N–H and O–H groups in total. The van der Waals surface area contributed by atoms with Crippen molar-refractivity contribution in [3.63, 3.8) is 0 Å². The molecule has 0 saturated heterocycles. The second kappa shape index (κ2) is 4.67. The van der Waals surface area contributed by atoms with Gasteiger partial charge in [-0.2, -0.15) is 0 Å². The predicted molar refractivity (Wildman–Crippen MR) is 73.8 cm³/mol. The lowest BCUT2D eigenvalue weighted by Gasteiger charge is -2.18. The van der Waals surface area contributed by atoms with E-state index >= 15 is 0 Å². The highest BCUT2D eigenvalue weighted by atomic mass is 32.1. The smallest absolute Gasteiger partial charge is 0.0666 e. The quantitative estimate of drug-likeness (QED) is 0.869. The van der Waals surface area contributed by atoms with Crippen LogP contribution in [-0.2, 0) is 4.74 Å². The molecule has 1 aliphatic rings. The predicted octanol–water partition coefficient (Wildman–Crippen LogP) is 3.74. The third-order valence-electron chi connectivity index (χ3n) is 3.34. The van der Waals surface area contributed by atoms with Gasteiger partial charge in [0.15, 0.2) is 0 Å². The number of thiophene rings is 1. The number of methoxy groups -OCH3 is 1. The Morgan fingerprint density at radius 1 is 1.41 bits per heavy atom. The summed E-state index contributed by atoms with van der Waals surface area (Å²) in [5.74, 6) is 0.799. The zero-order valence-electron chi connectivity index (χ0n) is 9.98. The summed E-state index contributed by atoms with van der Waals surface area (Å²) in [6, 6.07) is 9.24. The minimum Gasteiger partial charge on any atom is -0.383 e. The first-order valence-corrected chi connectivity index (χ1v) is 6.97. The second-order valence-electron chi connectivity index (χ2n) is 4.72. The molecule has 0 spiro atoms. The summed E-state index contributed by atoms with van der Waals surface area (Å²) in [5, 5.41) is 7.07. The number of hydrogen-bond donors (Lipinski definition) is 1. The van der Waals surface area contributed by atoms with Crippen molar-refractivity contribution in [1.82, 2.24) is 0 Å². The van der Waals surface area contributed by atoms with Crippen molar-refractivity contribution in [2.75, 3.05) is 19.0 Å². The Morgan fingerprint density at radius 2 is 2.29 bits per heavy atom. The standard InChI is InChI=1S/C14H17NOS/c1-16-9-13(10-2-3-10)15-12-4-5-14-11(8-12)6-7-17-14/h4-8,10,13,15H,2-3,9H2,1H3. The van der Waals surface area contributed by atoms with Crippen LogP contribution >= 0.6 is 11.3 Å². The molecule has 2 nitrogen and oxygen atoms in total. The number of ether oxygens (including phenoxy) is 1. The highest BCUT2D eigenvalue weighted by Crippen LogP contribution is 2.35. The lowest BCUT2D eigenvalue weighted by Crippen LogP contribution is -2.27. The molecule has 3 rings (SSSR count). The summed E-state index contributed by atoms with van der Waals surface area (Å²) in [5.41, 5.74) is 1.21. The fourth-order valence-electron chi connectivity index (χ4n) is 2.24. The Hall–Kier alpha value is -1.06. The zero-order chi connectivity index (χ0) is 11.7. The first-order chi connectivity index (χ1) is 8.36. The van der Waals surface area contributed by atoms with Crippen molar-refractivity contribution in [3.05, 3.63) is 29.6 Å². The molecule has 0 bridgehead atoms. The molecular formula is C14H17NOS. The largest absolute Gasteiger partial charge is 0.383 e. The molecule has 0 radical (unpaired) electrons. The highest BCUT2D eigenvalue weighted by Gasteiger charge is 2.31. The molecule has 90 valence electrons. The number of fused-ring (bicyclic) bond motifs is 1. The van der Waals surface area contributed by atoms with Crippen LogP contribution in [0.1, 0.15) is 12.8 Å². The van der Waals surface area contributed by atoms with Gasteiger partial charge >= 0.3 is 0 Å². The molecule has 3 heteroatoms. The minimum atomic E-state index is 0.469. The number of anilines is 1. The van der Waals surface area contributed by atoms with E-state index in [1.54, 1.807) is 18.4 Å². The van der Waals surface area contributed by atoms with E-state index in [-0.39, 0.29) is 0 Å². The lowest BCUT2D eigenvalue weighted by molar-refractivity contribution is 0.179. The molecule has 1 heterocycles. The molecule has 17 heavy (non-hydrogen) atoms. The lowest BCUT2D eigenvalue weighted by atomic mass is 10.1. The Morgan fingerprint density at radius 3 is 3.06 bits per heavy atom. The second-order valence-corrected chi connectivity index (χ2v) is 5.66. The Labute approximate surface area is 106 Å². The molecule has 0 amide bonds. The summed E-state index contributed by atoms with van der Waals surface area (Å²) in [4.78, 5) is 0. The Bertz CT molecular complexity index is 504. The van der Waals surface area contributed by atoms with E-state index in [0.29, 0.717) is 6.04 Å². The molecule has 1 unspecified atom stereocenters. The van der Waals surface area contributed by atoms with E-state index in [1.807, 2.05) is 0 Å². The van der Waals surface area contributed by atoms with Gasteiger partial charge in [0.05, 0.1) is 12.6 Å². The molecule has 1 aliphatic carbocycles. The maximum Gasteiger partial charge on any atom is 0.0666 e. The van der Waals surface area contributed by atoms with Crippen LogP contribution in [0.3, 0.4) is 0 Å². The van der Waals surface area contributed by atoms with Gasteiger partial charge in [0.25, 0.3) is 0 Å². The minimum absolute atomic E-state index is 0.469. The average molecular weight is 247 g/mol. The molecule has 1 aromatic heterocycles. The summed E-state index contributed by atoms with van der Waals surface area (Å²) < 4.78 is 6.64. The van der Waals surface area contributed by atoms with Crippen LogP contribution in [0, 0.1) is 5.92 Å². The van der Waals surface area contributed by atoms with E-state index < -0.39 is 0 Å².